The van der Waals surface area contributed by atoms with E-state index in [0.717, 1.165) is 51.4 Å². The third-order valence-corrected chi connectivity index (χ3v) is 8.49. The Hall–Kier alpha value is -0.410. The molecule has 4 aliphatic rings. The molecule has 7 atom stereocenters. The lowest BCUT2D eigenvalue weighted by Crippen LogP contribution is -2.62. The zero-order chi connectivity index (χ0) is 15.8. The van der Waals surface area contributed by atoms with Gasteiger partial charge in [-0.3, -0.25) is 4.79 Å². The number of hydrogen-bond donors (Lipinski definition) is 2. The van der Waals surface area contributed by atoms with Crippen molar-refractivity contribution in [3.63, 3.8) is 0 Å². The zero-order valence-corrected chi connectivity index (χ0v) is 14.0. The van der Waals surface area contributed by atoms with Crippen LogP contribution in [0.4, 0.5) is 0 Å². The summed E-state index contributed by atoms with van der Waals surface area (Å²) in [5.41, 5.74) is -0.842. The lowest BCUT2D eigenvalue weighted by atomic mass is 9.43. The summed E-state index contributed by atoms with van der Waals surface area (Å²) in [6.07, 6.45) is 7.73. The average Bonchev–Trinajstić information content (AvgIpc) is 2.76. The van der Waals surface area contributed by atoms with E-state index < -0.39 is 5.60 Å². The first-order valence-electron chi connectivity index (χ1n) is 9.24. The molecule has 0 aliphatic heterocycles. The summed E-state index contributed by atoms with van der Waals surface area (Å²) in [6, 6.07) is 0. The first-order chi connectivity index (χ1) is 10.3. The molecule has 4 rings (SSSR count). The second-order valence-electron chi connectivity index (χ2n) is 9.18. The summed E-state index contributed by atoms with van der Waals surface area (Å²) in [4.78, 5) is 12.4. The van der Waals surface area contributed by atoms with Gasteiger partial charge in [0.25, 0.3) is 0 Å². The summed E-state index contributed by atoms with van der Waals surface area (Å²) < 4.78 is 0. The molecule has 4 saturated carbocycles. The number of ketones is 1. The van der Waals surface area contributed by atoms with Crippen LogP contribution >= 0.6 is 0 Å². The molecule has 2 unspecified atom stereocenters. The quantitative estimate of drug-likeness (QED) is 0.723. The molecule has 2 N–H and O–H groups in total. The van der Waals surface area contributed by atoms with E-state index in [9.17, 15) is 15.0 Å². The predicted octanol–water partition coefficient (Wildman–Crippen LogP) is 3.07. The Balaban J connectivity index is 1.68. The van der Waals surface area contributed by atoms with Crippen LogP contribution in [0.3, 0.4) is 0 Å². The van der Waals surface area contributed by atoms with Crippen molar-refractivity contribution >= 4 is 5.78 Å². The van der Waals surface area contributed by atoms with E-state index in [1.807, 2.05) is 0 Å². The largest absolute Gasteiger partial charge is 0.393 e. The summed E-state index contributed by atoms with van der Waals surface area (Å²) in [7, 11) is 0. The summed E-state index contributed by atoms with van der Waals surface area (Å²) in [6.45, 7) is 4.48. The number of fused-ring (bicyclic) bond motifs is 5. The molecule has 0 spiro atoms. The van der Waals surface area contributed by atoms with Crippen LogP contribution in [0, 0.1) is 28.6 Å². The van der Waals surface area contributed by atoms with Crippen molar-refractivity contribution in [1.29, 1.82) is 0 Å². The molecule has 0 aromatic rings. The molecule has 4 aliphatic carbocycles. The molecule has 3 heteroatoms. The highest BCUT2D eigenvalue weighted by atomic mass is 16.3. The Kier molecular flexibility index (Phi) is 3.14. The normalized spacial score (nSPS) is 57.9. The molecular weight excluding hydrogens is 276 g/mol. The molecule has 0 aromatic carbocycles. The summed E-state index contributed by atoms with van der Waals surface area (Å²) >= 11 is 0. The Morgan fingerprint density at radius 3 is 2.55 bits per heavy atom. The van der Waals surface area contributed by atoms with E-state index >= 15 is 0 Å². The Morgan fingerprint density at radius 1 is 1.00 bits per heavy atom. The molecule has 22 heavy (non-hydrogen) atoms. The standard InChI is InChI=1S/C19H30O3/c1-17-8-7-15-13(14(17)3-4-16(17)21)6-10-19(22)11-12(20)5-9-18(15,19)2/h12-15,20,22H,3-11H2,1-2H3/t12?,13-,14-,15-,17-,18+,19?/m0/s1. The fourth-order valence-electron chi connectivity index (χ4n) is 7.00. The van der Waals surface area contributed by atoms with E-state index in [0.29, 0.717) is 30.0 Å². The van der Waals surface area contributed by atoms with Crippen LogP contribution < -0.4 is 0 Å². The van der Waals surface area contributed by atoms with Crippen molar-refractivity contribution < 1.29 is 15.0 Å². The smallest absolute Gasteiger partial charge is 0.139 e. The lowest BCUT2D eigenvalue weighted by molar-refractivity contribution is -0.217. The van der Waals surface area contributed by atoms with Gasteiger partial charge in [0.15, 0.2) is 0 Å². The van der Waals surface area contributed by atoms with E-state index in [1.165, 1.54) is 0 Å². The maximum Gasteiger partial charge on any atom is 0.139 e. The van der Waals surface area contributed by atoms with Gasteiger partial charge in [-0.1, -0.05) is 13.8 Å². The van der Waals surface area contributed by atoms with Gasteiger partial charge in [-0.15, -0.1) is 0 Å². The van der Waals surface area contributed by atoms with Crippen LogP contribution in [0.15, 0.2) is 0 Å². The van der Waals surface area contributed by atoms with Crippen LogP contribution in [0.5, 0.6) is 0 Å². The van der Waals surface area contributed by atoms with Crippen LogP contribution in [0.1, 0.15) is 71.6 Å². The van der Waals surface area contributed by atoms with Crippen molar-refractivity contribution in [3.8, 4) is 0 Å². The number of carbonyl (C=O) groups is 1. The Morgan fingerprint density at radius 2 is 1.77 bits per heavy atom. The van der Waals surface area contributed by atoms with Crippen molar-refractivity contribution in [2.45, 2.75) is 83.3 Å². The predicted molar refractivity (Wildman–Crippen MR) is 84.2 cm³/mol. The van der Waals surface area contributed by atoms with Gasteiger partial charge in [-0.25, -0.2) is 0 Å². The van der Waals surface area contributed by atoms with Gasteiger partial charge < -0.3 is 10.2 Å². The SMILES string of the molecule is C[C@]12CC[C@H]3[C@@H](CCC4(O)CC(O)CC[C@]34C)[C@@H]1CCC2=O. The van der Waals surface area contributed by atoms with Gasteiger partial charge in [-0.05, 0) is 68.1 Å². The highest BCUT2D eigenvalue weighted by molar-refractivity contribution is 5.87. The monoisotopic (exact) mass is 306 g/mol. The number of carbonyl (C=O) groups excluding carboxylic acids is 1. The van der Waals surface area contributed by atoms with Crippen LogP contribution in [0.25, 0.3) is 0 Å². The summed E-state index contributed by atoms with van der Waals surface area (Å²) in [5.74, 6) is 2.15. The third-order valence-electron chi connectivity index (χ3n) is 8.49. The molecule has 0 saturated heterocycles. The fraction of sp³-hybridized carbons (Fsp3) is 0.947. The fourth-order valence-corrected chi connectivity index (χ4v) is 7.00. The first-order valence-corrected chi connectivity index (χ1v) is 9.24. The number of hydrogen-bond acceptors (Lipinski definition) is 3. The molecule has 124 valence electrons. The van der Waals surface area contributed by atoms with Gasteiger partial charge in [-0.2, -0.15) is 0 Å². The van der Waals surface area contributed by atoms with E-state index in [1.54, 1.807) is 0 Å². The van der Waals surface area contributed by atoms with Crippen molar-refractivity contribution in [1.82, 2.24) is 0 Å². The number of rotatable bonds is 0. The maximum absolute atomic E-state index is 12.4. The average molecular weight is 306 g/mol. The summed E-state index contributed by atoms with van der Waals surface area (Å²) in [5, 5.41) is 21.3. The maximum atomic E-state index is 12.4. The van der Waals surface area contributed by atoms with E-state index in [4.69, 9.17) is 0 Å². The van der Waals surface area contributed by atoms with E-state index in [-0.39, 0.29) is 16.9 Å². The third kappa shape index (κ3) is 1.73. The highest BCUT2D eigenvalue weighted by Gasteiger charge is 2.64. The van der Waals surface area contributed by atoms with Gasteiger partial charge >= 0.3 is 0 Å². The van der Waals surface area contributed by atoms with Gasteiger partial charge in [0.2, 0.25) is 0 Å². The minimum Gasteiger partial charge on any atom is -0.393 e. The molecule has 0 amide bonds. The number of aliphatic hydroxyl groups is 2. The second-order valence-corrected chi connectivity index (χ2v) is 9.18. The van der Waals surface area contributed by atoms with Gasteiger partial charge in [0, 0.05) is 18.3 Å². The molecule has 0 aromatic heterocycles. The molecule has 0 heterocycles. The molecule has 3 nitrogen and oxygen atoms in total. The number of aliphatic hydroxyl groups excluding tert-OH is 1. The van der Waals surface area contributed by atoms with Gasteiger partial charge in [0.1, 0.15) is 5.78 Å². The minimum absolute atomic E-state index is 0.0673. The van der Waals surface area contributed by atoms with Crippen molar-refractivity contribution in [2.24, 2.45) is 28.6 Å². The van der Waals surface area contributed by atoms with Crippen molar-refractivity contribution in [3.05, 3.63) is 0 Å². The van der Waals surface area contributed by atoms with Crippen LogP contribution in [0.2, 0.25) is 0 Å². The van der Waals surface area contributed by atoms with E-state index in [2.05, 4.69) is 13.8 Å². The zero-order valence-electron chi connectivity index (χ0n) is 14.0. The highest BCUT2D eigenvalue weighted by Crippen LogP contribution is 2.66. The van der Waals surface area contributed by atoms with Crippen LogP contribution in [-0.2, 0) is 4.79 Å². The van der Waals surface area contributed by atoms with Crippen LogP contribution in [-0.4, -0.2) is 27.7 Å². The lowest BCUT2D eigenvalue weighted by Gasteiger charge is -2.63. The molecule has 0 radical (unpaired) electrons. The number of Topliss-reactive ketones (excluding diaryl/α,β-unsaturated/α-hetero) is 1. The minimum atomic E-state index is -0.692. The van der Waals surface area contributed by atoms with Crippen molar-refractivity contribution in [2.75, 3.05) is 0 Å². The first kappa shape index (κ1) is 15.1. The molecule has 4 fully saturated rings. The van der Waals surface area contributed by atoms with Gasteiger partial charge in [0.05, 0.1) is 11.7 Å². The molecular formula is C19H30O3. The Bertz CT molecular complexity index is 503. The Labute approximate surface area is 133 Å². The second kappa shape index (κ2) is 4.57. The topological polar surface area (TPSA) is 57.5 Å². The molecule has 0 bridgehead atoms.